The number of nitrogens with zero attached hydrogens (tertiary/aromatic N) is 1. The molecule has 0 atom stereocenters. The van der Waals surface area contributed by atoms with E-state index in [1.165, 1.54) is 6.07 Å². The molecule has 0 aliphatic heterocycles. The molecule has 3 nitrogen and oxygen atoms in total. The average molecular weight is 233 g/mol. The maximum atomic E-state index is 13.7. The van der Waals surface area contributed by atoms with Gasteiger partial charge in [0.25, 0.3) is 0 Å². The van der Waals surface area contributed by atoms with Crippen LogP contribution in [-0.4, -0.2) is 10.2 Å². The fourth-order valence-corrected chi connectivity index (χ4v) is 1.66. The number of aromatic nitrogens is 2. The first-order valence-electron chi connectivity index (χ1n) is 5.53. The second-order valence-electron chi connectivity index (χ2n) is 5.04. The Morgan fingerprint density at radius 1 is 1.24 bits per heavy atom. The Balaban J connectivity index is 2.31. The lowest BCUT2D eigenvalue weighted by atomic mass is 9.86. The van der Waals surface area contributed by atoms with Gasteiger partial charge in [0.15, 0.2) is 0 Å². The Labute approximate surface area is 100 Å². The van der Waals surface area contributed by atoms with Crippen molar-refractivity contribution < 1.29 is 4.39 Å². The number of benzene rings is 1. The van der Waals surface area contributed by atoms with E-state index in [4.69, 9.17) is 0 Å². The number of hydrogen-bond acceptors (Lipinski definition) is 2. The van der Waals surface area contributed by atoms with Gasteiger partial charge in [0, 0.05) is 11.8 Å². The van der Waals surface area contributed by atoms with Gasteiger partial charge in [0.1, 0.15) is 11.6 Å². The predicted molar refractivity (Wildman–Crippen MR) is 67.0 cm³/mol. The first-order valence-corrected chi connectivity index (χ1v) is 5.53. The highest BCUT2D eigenvalue weighted by Crippen LogP contribution is 2.28. The topological polar surface area (TPSA) is 40.7 Å². The predicted octanol–water partition coefficient (Wildman–Crippen LogP) is 3.59. The number of aromatic amines is 1. The molecule has 1 aromatic heterocycles. The van der Waals surface area contributed by atoms with Gasteiger partial charge >= 0.3 is 0 Å². The van der Waals surface area contributed by atoms with Gasteiger partial charge in [-0.15, -0.1) is 0 Å². The Morgan fingerprint density at radius 2 is 2.00 bits per heavy atom. The van der Waals surface area contributed by atoms with Crippen molar-refractivity contribution in [3.8, 4) is 0 Å². The average Bonchev–Trinajstić information content (AvgIpc) is 2.72. The van der Waals surface area contributed by atoms with Crippen molar-refractivity contribution >= 4 is 11.5 Å². The highest BCUT2D eigenvalue weighted by atomic mass is 19.1. The first-order chi connectivity index (χ1) is 7.97. The molecule has 0 bridgehead atoms. The monoisotopic (exact) mass is 233 g/mol. The number of halogens is 1. The van der Waals surface area contributed by atoms with Crippen LogP contribution in [0, 0.1) is 5.82 Å². The standard InChI is InChI=1S/C13H16FN3/c1-13(2,3)10-8-9(4-5-11(10)14)16-12-6-7-15-17-12/h4-8H,1-3H3,(H2,15,16,17). The second kappa shape index (κ2) is 4.20. The van der Waals surface area contributed by atoms with E-state index >= 15 is 0 Å². The largest absolute Gasteiger partial charge is 0.341 e. The molecule has 0 saturated carbocycles. The van der Waals surface area contributed by atoms with E-state index in [2.05, 4.69) is 15.5 Å². The van der Waals surface area contributed by atoms with E-state index < -0.39 is 0 Å². The van der Waals surface area contributed by atoms with Crippen LogP contribution >= 0.6 is 0 Å². The number of rotatable bonds is 2. The lowest BCUT2D eigenvalue weighted by Gasteiger charge is -2.20. The van der Waals surface area contributed by atoms with Gasteiger partial charge in [0.05, 0.1) is 6.20 Å². The van der Waals surface area contributed by atoms with Gasteiger partial charge in [-0.1, -0.05) is 20.8 Å². The smallest absolute Gasteiger partial charge is 0.127 e. The maximum Gasteiger partial charge on any atom is 0.127 e. The summed E-state index contributed by atoms with van der Waals surface area (Å²) in [5, 5.41) is 9.79. The van der Waals surface area contributed by atoms with E-state index in [1.807, 2.05) is 32.9 Å². The quantitative estimate of drug-likeness (QED) is 0.832. The van der Waals surface area contributed by atoms with Gasteiger partial charge in [-0.2, -0.15) is 5.10 Å². The molecular formula is C13H16FN3. The number of nitrogens with one attached hydrogen (secondary N) is 2. The zero-order valence-corrected chi connectivity index (χ0v) is 10.2. The van der Waals surface area contributed by atoms with Crippen molar-refractivity contribution in [2.45, 2.75) is 26.2 Å². The van der Waals surface area contributed by atoms with E-state index in [0.717, 1.165) is 11.5 Å². The molecule has 0 fully saturated rings. The summed E-state index contributed by atoms with van der Waals surface area (Å²) in [6.45, 7) is 5.97. The Hall–Kier alpha value is -1.84. The summed E-state index contributed by atoms with van der Waals surface area (Å²) < 4.78 is 13.7. The molecule has 1 aromatic carbocycles. The molecule has 0 aliphatic carbocycles. The van der Waals surface area contributed by atoms with Crippen LogP contribution in [0.5, 0.6) is 0 Å². The molecule has 2 N–H and O–H groups in total. The lowest BCUT2D eigenvalue weighted by molar-refractivity contribution is 0.523. The van der Waals surface area contributed by atoms with Gasteiger partial charge in [-0.25, -0.2) is 4.39 Å². The minimum absolute atomic E-state index is 0.173. The summed E-state index contributed by atoms with van der Waals surface area (Å²) in [4.78, 5) is 0. The molecule has 0 spiro atoms. The number of H-pyrrole nitrogens is 1. The molecule has 17 heavy (non-hydrogen) atoms. The third kappa shape index (κ3) is 2.64. The lowest BCUT2D eigenvalue weighted by Crippen LogP contribution is -2.13. The van der Waals surface area contributed by atoms with E-state index in [9.17, 15) is 4.39 Å². The molecule has 1 heterocycles. The van der Waals surface area contributed by atoms with Crippen molar-refractivity contribution in [1.82, 2.24) is 10.2 Å². The molecule has 0 saturated heterocycles. The summed E-state index contributed by atoms with van der Waals surface area (Å²) in [6.07, 6.45) is 1.66. The zero-order chi connectivity index (χ0) is 12.5. The Bertz CT molecular complexity index is 498. The minimum Gasteiger partial charge on any atom is -0.341 e. The Morgan fingerprint density at radius 3 is 2.59 bits per heavy atom. The molecule has 0 aliphatic rings. The first kappa shape index (κ1) is 11.6. The van der Waals surface area contributed by atoms with Crippen LogP contribution in [-0.2, 0) is 5.41 Å². The van der Waals surface area contributed by atoms with Crippen LogP contribution in [0.4, 0.5) is 15.9 Å². The molecule has 0 unspecified atom stereocenters. The van der Waals surface area contributed by atoms with Crippen molar-refractivity contribution in [2.75, 3.05) is 5.32 Å². The summed E-state index contributed by atoms with van der Waals surface area (Å²) in [6, 6.07) is 6.85. The Kier molecular flexibility index (Phi) is 2.88. The number of hydrogen-bond donors (Lipinski definition) is 2. The molecular weight excluding hydrogens is 217 g/mol. The minimum atomic E-state index is -0.213. The molecule has 2 rings (SSSR count). The van der Waals surface area contributed by atoms with Crippen molar-refractivity contribution in [2.24, 2.45) is 0 Å². The zero-order valence-electron chi connectivity index (χ0n) is 10.2. The third-order valence-corrected chi connectivity index (χ3v) is 2.55. The van der Waals surface area contributed by atoms with Crippen LogP contribution in [0.25, 0.3) is 0 Å². The normalized spacial score (nSPS) is 11.5. The summed E-state index contributed by atoms with van der Waals surface area (Å²) in [5.74, 6) is 0.615. The van der Waals surface area contributed by atoms with Gasteiger partial charge in [0.2, 0.25) is 0 Å². The van der Waals surface area contributed by atoms with Crippen LogP contribution in [0.15, 0.2) is 30.5 Å². The fraction of sp³-hybridized carbons (Fsp3) is 0.308. The van der Waals surface area contributed by atoms with E-state index in [0.29, 0.717) is 5.56 Å². The van der Waals surface area contributed by atoms with Crippen LogP contribution < -0.4 is 5.32 Å². The molecule has 4 heteroatoms. The summed E-state index contributed by atoms with van der Waals surface area (Å²) in [7, 11) is 0. The van der Waals surface area contributed by atoms with E-state index in [1.54, 1.807) is 12.3 Å². The second-order valence-corrected chi connectivity index (χ2v) is 5.04. The molecule has 2 aromatic rings. The van der Waals surface area contributed by atoms with Gasteiger partial charge in [-0.3, -0.25) is 5.10 Å². The van der Waals surface area contributed by atoms with Crippen LogP contribution in [0.1, 0.15) is 26.3 Å². The fourth-order valence-electron chi connectivity index (χ4n) is 1.66. The maximum absolute atomic E-state index is 13.7. The highest BCUT2D eigenvalue weighted by Gasteiger charge is 2.18. The number of anilines is 2. The van der Waals surface area contributed by atoms with Crippen molar-refractivity contribution in [1.29, 1.82) is 0 Å². The molecule has 90 valence electrons. The SMILES string of the molecule is CC(C)(C)c1cc(Nc2ccn[nH]2)ccc1F. The summed E-state index contributed by atoms with van der Waals surface area (Å²) >= 11 is 0. The molecule has 0 amide bonds. The van der Waals surface area contributed by atoms with Crippen LogP contribution in [0.2, 0.25) is 0 Å². The van der Waals surface area contributed by atoms with Crippen LogP contribution in [0.3, 0.4) is 0 Å². The highest BCUT2D eigenvalue weighted by molar-refractivity contribution is 5.57. The summed E-state index contributed by atoms with van der Waals surface area (Å²) in [5.41, 5.74) is 1.33. The van der Waals surface area contributed by atoms with Gasteiger partial charge < -0.3 is 5.32 Å². The van der Waals surface area contributed by atoms with Crippen molar-refractivity contribution in [3.63, 3.8) is 0 Å². The third-order valence-electron chi connectivity index (χ3n) is 2.55. The van der Waals surface area contributed by atoms with Gasteiger partial charge in [-0.05, 0) is 29.2 Å². The van der Waals surface area contributed by atoms with Crippen molar-refractivity contribution in [3.05, 3.63) is 41.8 Å². The molecule has 0 radical (unpaired) electrons. The van der Waals surface area contributed by atoms with E-state index in [-0.39, 0.29) is 11.2 Å².